The van der Waals surface area contributed by atoms with Crippen molar-refractivity contribution in [2.45, 2.75) is 0 Å². The SMILES string of the molecule is N#CC(C#N)C(=O)c1cccc(Br)c1. The average molecular weight is 249 g/mol. The summed E-state index contributed by atoms with van der Waals surface area (Å²) in [6.07, 6.45) is 0. The smallest absolute Gasteiger partial charge is 0.195 e. The predicted octanol–water partition coefficient (Wildman–Crippen LogP) is 2.30. The summed E-state index contributed by atoms with van der Waals surface area (Å²) in [5.41, 5.74) is 0.368. The lowest BCUT2D eigenvalue weighted by Gasteiger charge is -2.00. The molecule has 4 heteroatoms. The zero-order valence-corrected chi connectivity index (χ0v) is 8.65. The van der Waals surface area contributed by atoms with Crippen molar-refractivity contribution in [3.8, 4) is 12.1 Å². The Kier molecular flexibility index (Phi) is 3.39. The number of ketones is 1. The molecule has 0 aliphatic rings. The predicted molar refractivity (Wildman–Crippen MR) is 53.2 cm³/mol. The Morgan fingerprint density at radius 3 is 2.50 bits per heavy atom. The Morgan fingerprint density at radius 1 is 1.36 bits per heavy atom. The Labute approximate surface area is 89.7 Å². The van der Waals surface area contributed by atoms with Crippen molar-refractivity contribution in [1.29, 1.82) is 10.5 Å². The maximum atomic E-state index is 11.5. The molecular weight excluding hydrogens is 244 g/mol. The minimum Gasteiger partial charge on any atom is -0.291 e. The second kappa shape index (κ2) is 4.55. The molecule has 14 heavy (non-hydrogen) atoms. The molecule has 0 spiro atoms. The van der Waals surface area contributed by atoms with Gasteiger partial charge >= 0.3 is 0 Å². The van der Waals surface area contributed by atoms with Gasteiger partial charge in [0.25, 0.3) is 0 Å². The van der Waals surface area contributed by atoms with E-state index < -0.39 is 11.7 Å². The van der Waals surface area contributed by atoms with Crippen LogP contribution in [0.3, 0.4) is 0 Å². The molecule has 0 unspecified atom stereocenters. The first-order valence-corrected chi connectivity index (χ1v) is 4.57. The maximum absolute atomic E-state index is 11.5. The highest BCUT2D eigenvalue weighted by Crippen LogP contribution is 2.14. The summed E-state index contributed by atoms with van der Waals surface area (Å²) < 4.78 is 0.748. The van der Waals surface area contributed by atoms with Crippen LogP contribution in [0.4, 0.5) is 0 Å². The van der Waals surface area contributed by atoms with Gasteiger partial charge in [0.2, 0.25) is 0 Å². The molecule has 1 aromatic carbocycles. The number of rotatable bonds is 2. The van der Waals surface area contributed by atoms with E-state index in [2.05, 4.69) is 15.9 Å². The summed E-state index contributed by atoms with van der Waals surface area (Å²) in [7, 11) is 0. The van der Waals surface area contributed by atoms with Crippen molar-refractivity contribution in [2.75, 3.05) is 0 Å². The molecule has 0 amide bonds. The highest BCUT2D eigenvalue weighted by atomic mass is 79.9. The van der Waals surface area contributed by atoms with Gasteiger partial charge in [0.1, 0.15) is 0 Å². The largest absolute Gasteiger partial charge is 0.291 e. The van der Waals surface area contributed by atoms with Gasteiger partial charge in [-0.25, -0.2) is 0 Å². The summed E-state index contributed by atoms with van der Waals surface area (Å²) in [6.45, 7) is 0. The zero-order chi connectivity index (χ0) is 10.6. The van der Waals surface area contributed by atoms with E-state index in [9.17, 15) is 4.79 Å². The van der Waals surface area contributed by atoms with E-state index in [4.69, 9.17) is 10.5 Å². The molecule has 0 radical (unpaired) electrons. The van der Waals surface area contributed by atoms with Crippen molar-refractivity contribution >= 4 is 21.7 Å². The third-order valence-corrected chi connectivity index (χ3v) is 2.12. The van der Waals surface area contributed by atoms with E-state index in [0.717, 1.165) is 4.47 Å². The lowest BCUT2D eigenvalue weighted by molar-refractivity contribution is 0.0971. The molecular formula is C10H5BrN2O. The van der Waals surface area contributed by atoms with Gasteiger partial charge in [-0.3, -0.25) is 4.79 Å². The summed E-state index contributed by atoms with van der Waals surface area (Å²) in [5, 5.41) is 17.0. The van der Waals surface area contributed by atoms with E-state index >= 15 is 0 Å². The van der Waals surface area contributed by atoms with Gasteiger partial charge in [-0.05, 0) is 12.1 Å². The van der Waals surface area contributed by atoms with E-state index in [-0.39, 0.29) is 0 Å². The van der Waals surface area contributed by atoms with Crippen molar-refractivity contribution < 1.29 is 4.79 Å². The number of benzene rings is 1. The van der Waals surface area contributed by atoms with Crippen LogP contribution < -0.4 is 0 Å². The van der Waals surface area contributed by atoms with Crippen LogP contribution in [0.2, 0.25) is 0 Å². The Balaban J connectivity index is 3.03. The lowest BCUT2D eigenvalue weighted by atomic mass is 10.0. The Hall–Kier alpha value is -1.65. The third-order valence-electron chi connectivity index (χ3n) is 1.63. The molecule has 1 aromatic rings. The van der Waals surface area contributed by atoms with Crippen LogP contribution in [-0.2, 0) is 0 Å². The highest BCUT2D eigenvalue weighted by Gasteiger charge is 2.18. The van der Waals surface area contributed by atoms with Gasteiger partial charge in [0.15, 0.2) is 11.7 Å². The highest BCUT2D eigenvalue weighted by molar-refractivity contribution is 9.10. The number of carbonyl (C=O) groups is 1. The third kappa shape index (κ3) is 2.18. The fourth-order valence-electron chi connectivity index (χ4n) is 0.955. The minimum atomic E-state index is -1.22. The second-order valence-electron chi connectivity index (χ2n) is 2.57. The van der Waals surface area contributed by atoms with Crippen LogP contribution in [0.15, 0.2) is 28.7 Å². The van der Waals surface area contributed by atoms with Crippen LogP contribution >= 0.6 is 15.9 Å². The van der Waals surface area contributed by atoms with Gasteiger partial charge in [0.05, 0.1) is 12.1 Å². The molecule has 0 aliphatic carbocycles. The quantitative estimate of drug-likeness (QED) is 0.755. The molecule has 0 atom stereocenters. The first kappa shape index (κ1) is 10.4. The summed E-state index contributed by atoms with van der Waals surface area (Å²) in [6, 6.07) is 9.90. The molecule has 0 fully saturated rings. The van der Waals surface area contributed by atoms with Crippen LogP contribution in [-0.4, -0.2) is 5.78 Å². The van der Waals surface area contributed by atoms with Gasteiger partial charge in [-0.1, -0.05) is 28.1 Å². The number of carbonyl (C=O) groups excluding carboxylic acids is 1. The van der Waals surface area contributed by atoms with Crippen LogP contribution in [0.25, 0.3) is 0 Å². The van der Waals surface area contributed by atoms with E-state index in [0.29, 0.717) is 5.56 Å². The first-order valence-electron chi connectivity index (χ1n) is 3.78. The van der Waals surface area contributed by atoms with Crippen LogP contribution in [0.1, 0.15) is 10.4 Å². The van der Waals surface area contributed by atoms with Crippen molar-refractivity contribution in [3.63, 3.8) is 0 Å². The van der Waals surface area contributed by atoms with Gasteiger partial charge in [0, 0.05) is 10.0 Å². The standard InChI is InChI=1S/C10H5BrN2O/c11-9-3-1-2-7(4-9)10(14)8(5-12)6-13/h1-4,8H. The topological polar surface area (TPSA) is 64.7 Å². The van der Waals surface area contributed by atoms with E-state index in [1.165, 1.54) is 0 Å². The minimum absolute atomic E-state index is 0.368. The number of Topliss-reactive ketones (excluding diaryl/α,β-unsaturated/α-hetero) is 1. The summed E-state index contributed by atoms with van der Waals surface area (Å²) in [4.78, 5) is 11.5. The Bertz CT molecular complexity index is 428. The molecule has 0 aromatic heterocycles. The molecule has 0 saturated carbocycles. The number of nitriles is 2. The molecule has 0 bridgehead atoms. The molecule has 1 rings (SSSR count). The maximum Gasteiger partial charge on any atom is 0.195 e. The van der Waals surface area contributed by atoms with Gasteiger partial charge in [-0.2, -0.15) is 10.5 Å². The molecule has 0 aliphatic heterocycles. The fourth-order valence-corrected chi connectivity index (χ4v) is 1.35. The lowest BCUT2D eigenvalue weighted by Crippen LogP contribution is -2.10. The van der Waals surface area contributed by atoms with Crippen LogP contribution in [0.5, 0.6) is 0 Å². The molecule has 68 valence electrons. The van der Waals surface area contributed by atoms with Crippen LogP contribution in [0, 0.1) is 28.6 Å². The number of halogens is 1. The fraction of sp³-hybridized carbons (Fsp3) is 0.100. The zero-order valence-electron chi connectivity index (χ0n) is 7.07. The van der Waals surface area contributed by atoms with Crippen molar-refractivity contribution in [2.24, 2.45) is 5.92 Å². The van der Waals surface area contributed by atoms with Gasteiger partial charge < -0.3 is 0 Å². The average Bonchev–Trinajstić information content (AvgIpc) is 2.19. The summed E-state index contributed by atoms with van der Waals surface area (Å²) >= 11 is 3.21. The molecule has 0 saturated heterocycles. The summed E-state index contributed by atoms with van der Waals surface area (Å²) in [5.74, 6) is -1.68. The normalized spacial score (nSPS) is 9.14. The molecule has 3 nitrogen and oxygen atoms in total. The van der Waals surface area contributed by atoms with E-state index in [1.54, 1.807) is 36.4 Å². The first-order chi connectivity index (χ1) is 6.69. The van der Waals surface area contributed by atoms with Crippen molar-refractivity contribution in [3.05, 3.63) is 34.3 Å². The Morgan fingerprint density at radius 2 is 2.00 bits per heavy atom. The van der Waals surface area contributed by atoms with Crippen molar-refractivity contribution in [1.82, 2.24) is 0 Å². The number of hydrogen-bond acceptors (Lipinski definition) is 3. The number of hydrogen-bond donors (Lipinski definition) is 0. The second-order valence-corrected chi connectivity index (χ2v) is 3.48. The van der Waals surface area contributed by atoms with Gasteiger partial charge in [-0.15, -0.1) is 0 Å². The number of nitrogens with zero attached hydrogens (tertiary/aromatic N) is 2. The van der Waals surface area contributed by atoms with E-state index in [1.807, 2.05) is 0 Å². The molecule has 0 N–H and O–H groups in total. The molecule has 0 heterocycles. The monoisotopic (exact) mass is 248 g/mol.